The summed E-state index contributed by atoms with van der Waals surface area (Å²) in [6, 6.07) is 6.03. The molecule has 0 saturated heterocycles. The van der Waals surface area contributed by atoms with E-state index in [0.29, 0.717) is 22.3 Å². The van der Waals surface area contributed by atoms with Crippen LogP contribution in [0.4, 0.5) is 11.4 Å². The molecule has 0 saturated carbocycles. The molecular weight excluding hydrogens is 344 g/mol. The van der Waals surface area contributed by atoms with Crippen molar-refractivity contribution in [3.63, 3.8) is 0 Å². The van der Waals surface area contributed by atoms with Crippen molar-refractivity contribution in [2.45, 2.75) is 6.54 Å². The molecule has 0 atom stereocenters. The van der Waals surface area contributed by atoms with E-state index in [9.17, 15) is 14.9 Å². The first-order valence-electron chi connectivity index (χ1n) is 5.85. The number of hydrogen-bond donors (Lipinski definition) is 1. The Bertz CT molecular complexity index is 683. The topological polar surface area (TPSA) is 94.6 Å². The normalized spacial score (nSPS) is 10.2. The average Bonchev–Trinajstić information content (AvgIpc) is 2.93. The van der Waals surface area contributed by atoms with Crippen LogP contribution >= 0.6 is 15.9 Å². The summed E-state index contributed by atoms with van der Waals surface area (Å²) < 4.78 is 10.2. The molecule has 0 fully saturated rings. The number of halogens is 1. The fourth-order valence-electron chi connectivity index (χ4n) is 1.70. The van der Waals surface area contributed by atoms with Crippen LogP contribution in [0.3, 0.4) is 0 Å². The summed E-state index contributed by atoms with van der Waals surface area (Å²) in [4.78, 5) is 21.7. The molecule has 2 rings (SSSR count). The lowest BCUT2D eigenvalue weighted by Gasteiger charge is -2.08. The molecule has 0 spiro atoms. The van der Waals surface area contributed by atoms with Gasteiger partial charge in [0.15, 0.2) is 0 Å². The standard InChI is InChI=1S/C13H11BrN2O5/c1-20-13(17)12-8(4-5-21-12)7-15-11-3-2-9(16(18)19)6-10(11)14/h2-6,15H,7H2,1H3. The largest absolute Gasteiger partial charge is 0.463 e. The van der Waals surface area contributed by atoms with Gasteiger partial charge in [-0.2, -0.15) is 0 Å². The first-order valence-corrected chi connectivity index (χ1v) is 6.64. The minimum atomic E-state index is -0.556. The number of carbonyl (C=O) groups is 1. The van der Waals surface area contributed by atoms with E-state index in [0.717, 1.165) is 0 Å². The highest BCUT2D eigenvalue weighted by Gasteiger charge is 2.16. The number of methoxy groups -OCH3 is 1. The fourth-order valence-corrected chi connectivity index (χ4v) is 2.20. The summed E-state index contributed by atoms with van der Waals surface area (Å²) in [5.41, 5.74) is 1.29. The van der Waals surface area contributed by atoms with E-state index in [2.05, 4.69) is 26.0 Å². The molecule has 0 unspecified atom stereocenters. The molecule has 21 heavy (non-hydrogen) atoms. The van der Waals surface area contributed by atoms with Crippen LogP contribution in [-0.4, -0.2) is 18.0 Å². The van der Waals surface area contributed by atoms with Crippen LogP contribution in [0.2, 0.25) is 0 Å². The van der Waals surface area contributed by atoms with E-state index in [1.165, 1.54) is 25.5 Å². The zero-order valence-electron chi connectivity index (χ0n) is 11.0. The van der Waals surface area contributed by atoms with Gasteiger partial charge >= 0.3 is 5.97 Å². The van der Waals surface area contributed by atoms with Gasteiger partial charge in [-0.15, -0.1) is 0 Å². The summed E-state index contributed by atoms with van der Waals surface area (Å²) in [6.07, 6.45) is 1.40. The van der Waals surface area contributed by atoms with Crippen LogP contribution in [-0.2, 0) is 11.3 Å². The van der Waals surface area contributed by atoms with Crippen LogP contribution < -0.4 is 5.32 Å². The second-order valence-corrected chi connectivity index (χ2v) is 4.90. The van der Waals surface area contributed by atoms with Crippen molar-refractivity contribution in [1.29, 1.82) is 0 Å². The van der Waals surface area contributed by atoms with Gasteiger partial charge in [-0.1, -0.05) is 0 Å². The number of nitrogens with one attached hydrogen (secondary N) is 1. The van der Waals surface area contributed by atoms with Crippen molar-refractivity contribution >= 4 is 33.3 Å². The Morgan fingerprint density at radius 2 is 2.24 bits per heavy atom. The third kappa shape index (κ3) is 3.40. The van der Waals surface area contributed by atoms with Crippen molar-refractivity contribution in [3.8, 4) is 0 Å². The van der Waals surface area contributed by atoms with Gasteiger partial charge in [0, 0.05) is 34.4 Å². The van der Waals surface area contributed by atoms with E-state index in [-0.39, 0.29) is 11.4 Å². The number of esters is 1. The Hall–Kier alpha value is -2.35. The number of nitro benzene ring substituents is 1. The van der Waals surface area contributed by atoms with E-state index in [1.807, 2.05) is 0 Å². The summed E-state index contributed by atoms with van der Waals surface area (Å²) in [6.45, 7) is 0.317. The van der Waals surface area contributed by atoms with Crippen LogP contribution in [0.5, 0.6) is 0 Å². The summed E-state index contributed by atoms with van der Waals surface area (Å²) >= 11 is 3.26. The number of nitro groups is 1. The second-order valence-electron chi connectivity index (χ2n) is 4.04. The molecular formula is C13H11BrN2O5. The number of benzene rings is 1. The van der Waals surface area contributed by atoms with Crippen molar-refractivity contribution in [1.82, 2.24) is 0 Å². The average molecular weight is 355 g/mol. The van der Waals surface area contributed by atoms with Crippen molar-refractivity contribution < 1.29 is 18.9 Å². The number of rotatable bonds is 5. The van der Waals surface area contributed by atoms with Gasteiger partial charge < -0.3 is 14.5 Å². The van der Waals surface area contributed by atoms with Gasteiger partial charge in [0.05, 0.1) is 18.3 Å². The van der Waals surface area contributed by atoms with E-state index in [4.69, 9.17) is 4.42 Å². The van der Waals surface area contributed by atoms with Crippen molar-refractivity contribution in [3.05, 3.63) is 56.4 Å². The number of anilines is 1. The molecule has 0 aliphatic rings. The van der Waals surface area contributed by atoms with Crippen molar-refractivity contribution in [2.24, 2.45) is 0 Å². The maximum Gasteiger partial charge on any atom is 0.374 e. The van der Waals surface area contributed by atoms with Gasteiger partial charge in [0.1, 0.15) is 0 Å². The second kappa shape index (κ2) is 6.40. The lowest BCUT2D eigenvalue weighted by atomic mass is 10.2. The first-order chi connectivity index (χ1) is 10.0. The number of furan rings is 1. The molecule has 110 valence electrons. The molecule has 0 radical (unpaired) electrons. The van der Waals surface area contributed by atoms with Crippen LogP contribution in [0, 0.1) is 10.1 Å². The zero-order chi connectivity index (χ0) is 15.4. The highest BCUT2D eigenvalue weighted by Crippen LogP contribution is 2.27. The molecule has 1 N–H and O–H groups in total. The Labute approximate surface area is 128 Å². The smallest absolute Gasteiger partial charge is 0.374 e. The maximum absolute atomic E-state index is 11.5. The predicted octanol–water partition coefficient (Wildman–Crippen LogP) is 3.35. The third-order valence-corrected chi connectivity index (χ3v) is 3.41. The molecule has 8 heteroatoms. The monoisotopic (exact) mass is 354 g/mol. The van der Waals surface area contributed by atoms with Gasteiger partial charge in [0.25, 0.3) is 5.69 Å². The quantitative estimate of drug-likeness (QED) is 0.502. The molecule has 1 heterocycles. The number of carbonyl (C=O) groups excluding carboxylic acids is 1. The molecule has 0 aliphatic carbocycles. The molecule has 0 aliphatic heterocycles. The number of non-ortho nitro benzene ring substituents is 1. The van der Waals surface area contributed by atoms with E-state index < -0.39 is 10.9 Å². The SMILES string of the molecule is COC(=O)c1occc1CNc1ccc([N+](=O)[O-])cc1Br. The maximum atomic E-state index is 11.5. The number of nitrogens with zero attached hydrogens (tertiary/aromatic N) is 1. The first kappa shape index (κ1) is 15.0. The summed E-state index contributed by atoms with van der Waals surface area (Å²) in [5.74, 6) is -0.428. The molecule has 0 bridgehead atoms. The van der Waals surface area contributed by atoms with Gasteiger partial charge in [0.2, 0.25) is 5.76 Å². The number of hydrogen-bond acceptors (Lipinski definition) is 6. The van der Waals surface area contributed by atoms with Gasteiger partial charge in [-0.25, -0.2) is 4.79 Å². The van der Waals surface area contributed by atoms with E-state index >= 15 is 0 Å². The highest BCUT2D eigenvalue weighted by molar-refractivity contribution is 9.10. The molecule has 0 amide bonds. The zero-order valence-corrected chi connectivity index (χ0v) is 12.5. The van der Waals surface area contributed by atoms with Crippen LogP contribution in [0.15, 0.2) is 39.4 Å². The Morgan fingerprint density at radius 1 is 1.48 bits per heavy atom. The van der Waals surface area contributed by atoms with Crippen molar-refractivity contribution in [2.75, 3.05) is 12.4 Å². The van der Waals surface area contributed by atoms with Crippen LogP contribution in [0.25, 0.3) is 0 Å². The Morgan fingerprint density at radius 3 is 2.86 bits per heavy atom. The minimum absolute atomic E-state index is 0.00835. The number of ether oxygens (including phenoxy) is 1. The highest BCUT2D eigenvalue weighted by atomic mass is 79.9. The molecule has 7 nitrogen and oxygen atoms in total. The van der Waals surface area contributed by atoms with Gasteiger partial charge in [-0.3, -0.25) is 10.1 Å². The lowest BCUT2D eigenvalue weighted by Crippen LogP contribution is -2.07. The fraction of sp³-hybridized carbons (Fsp3) is 0.154. The van der Waals surface area contributed by atoms with Gasteiger partial charge in [-0.05, 0) is 28.1 Å². The molecule has 1 aromatic carbocycles. The Kier molecular flexibility index (Phi) is 4.59. The third-order valence-electron chi connectivity index (χ3n) is 2.75. The minimum Gasteiger partial charge on any atom is -0.463 e. The lowest BCUT2D eigenvalue weighted by molar-refractivity contribution is -0.384. The van der Waals surface area contributed by atoms with E-state index in [1.54, 1.807) is 12.1 Å². The summed E-state index contributed by atoms with van der Waals surface area (Å²) in [7, 11) is 1.27. The predicted molar refractivity (Wildman–Crippen MR) is 78.2 cm³/mol. The van der Waals surface area contributed by atoms with Crippen LogP contribution in [0.1, 0.15) is 16.1 Å². The Balaban J connectivity index is 2.12. The molecule has 1 aromatic heterocycles. The summed E-state index contributed by atoms with van der Waals surface area (Å²) in [5, 5.41) is 13.7. The molecule has 2 aromatic rings.